The molecule has 0 amide bonds. The van der Waals surface area contributed by atoms with Gasteiger partial charge in [-0.3, -0.25) is 0 Å². The lowest BCUT2D eigenvalue weighted by Gasteiger charge is -2.35. The molecule has 3 nitrogen and oxygen atoms in total. The topological polar surface area (TPSA) is 52.5 Å². The summed E-state index contributed by atoms with van der Waals surface area (Å²) >= 11 is 0. The van der Waals surface area contributed by atoms with E-state index in [1.165, 1.54) is 5.56 Å². The number of aryl methyl sites for hydroxylation is 1. The third-order valence-electron chi connectivity index (χ3n) is 4.62. The normalized spacial score (nSPS) is 14.1. The molecule has 0 unspecified atom stereocenters. The monoisotopic (exact) mass is 321 g/mol. The van der Waals surface area contributed by atoms with Gasteiger partial charge in [-0.15, -0.1) is 0 Å². The number of aliphatic hydroxyl groups excluding tert-OH is 1. The molecule has 0 saturated heterocycles. The highest BCUT2D eigenvalue weighted by Crippen LogP contribution is 2.34. The van der Waals surface area contributed by atoms with Crippen LogP contribution in [0.15, 0.2) is 30.3 Å². The van der Waals surface area contributed by atoms with E-state index in [1.54, 1.807) is 0 Å². The third kappa shape index (κ3) is 8.50. The smallest absolute Gasteiger partial charge is 0.152 e. The number of unbranched alkanes of at least 4 members (excludes halogenated alkanes) is 1. The van der Waals surface area contributed by atoms with Crippen molar-refractivity contribution in [3.05, 3.63) is 35.9 Å². The van der Waals surface area contributed by atoms with Crippen molar-refractivity contribution in [2.75, 3.05) is 13.1 Å². The van der Waals surface area contributed by atoms with Crippen molar-refractivity contribution >= 4 is 0 Å². The lowest BCUT2D eigenvalue weighted by Crippen LogP contribution is -2.38. The Hall–Kier alpha value is -0.900. The Labute approximate surface area is 142 Å². The first-order chi connectivity index (χ1) is 11.1. The zero-order valence-corrected chi connectivity index (χ0v) is 14.9. The zero-order chi connectivity index (χ0) is 17.0. The van der Waals surface area contributed by atoms with Crippen molar-refractivity contribution in [2.24, 2.45) is 5.41 Å². The maximum atomic E-state index is 9.49. The number of hydrogen-bond acceptors (Lipinski definition) is 3. The van der Waals surface area contributed by atoms with Gasteiger partial charge in [0.15, 0.2) is 6.29 Å². The van der Waals surface area contributed by atoms with Gasteiger partial charge in [0.1, 0.15) is 0 Å². The molecule has 3 N–H and O–H groups in total. The molecule has 0 heterocycles. The average molecular weight is 322 g/mol. The molecule has 0 aromatic heterocycles. The number of rotatable bonds is 13. The maximum absolute atomic E-state index is 9.49. The van der Waals surface area contributed by atoms with Crippen LogP contribution in [0.25, 0.3) is 0 Å². The lowest BCUT2D eigenvalue weighted by molar-refractivity contribution is -0.0763. The highest BCUT2D eigenvalue weighted by Gasteiger charge is 2.30. The van der Waals surface area contributed by atoms with Gasteiger partial charge in [-0.1, -0.05) is 63.4 Å². The average Bonchev–Trinajstić information content (AvgIpc) is 2.53. The van der Waals surface area contributed by atoms with Crippen LogP contribution in [0.1, 0.15) is 64.4 Å². The van der Waals surface area contributed by atoms with E-state index in [2.05, 4.69) is 49.5 Å². The summed E-state index contributed by atoms with van der Waals surface area (Å²) in [7, 11) is 0. The van der Waals surface area contributed by atoms with Gasteiger partial charge in [-0.2, -0.15) is 0 Å². The molecule has 23 heavy (non-hydrogen) atoms. The van der Waals surface area contributed by atoms with E-state index < -0.39 is 6.29 Å². The molecule has 0 fully saturated rings. The molecule has 0 saturated carbocycles. The lowest BCUT2D eigenvalue weighted by atomic mass is 9.75. The number of nitrogens with one attached hydrogen (secondary N) is 1. The molecule has 3 heteroatoms. The molecular weight excluding hydrogens is 286 g/mol. The summed E-state index contributed by atoms with van der Waals surface area (Å²) in [6, 6.07) is 10.6. The van der Waals surface area contributed by atoms with Crippen molar-refractivity contribution in [1.82, 2.24) is 5.32 Å². The zero-order valence-electron chi connectivity index (χ0n) is 14.9. The Kier molecular flexibility index (Phi) is 10.2. The van der Waals surface area contributed by atoms with Crippen molar-refractivity contribution in [2.45, 2.75) is 71.5 Å². The van der Waals surface area contributed by atoms with E-state index in [4.69, 9.17) is 0 Å². The Bertz CT molecular complexity index is 394. The molecular formula is C20H35NO2. The highest BCUT2D eigenvalue weighted by atomic mass is 16.5. The van der Waals surface area contributed by atoms with Crippen molar-refractivity contribution < 1.29 is 10.2 Å². The van der Waals surface area contributed by atoms with Gasteiger partial charge >= 0.3 is 0 Å². The van der Waals surface area contributed by atoms with Crippen LogP contribution in [0.2, 0.25) is 0 Å². The van der Waals surface area contributed by atoms with Crippen molar-refractivity contribution in [3.8, 4) is 0 Å². The van der Waals surface area contributed by atoms with Gasteiger partial charge in [0.05, 0.1) is 0 Å². The fraction of sp³-hybridized carbons (Fsp3) is 0.700. The minimum absolute atomic E-state index is 0.0195. The standard InChI is InChI=1S/C20H35NO2/c1-3-5-14-20(13-4-2,16-19(22)23)17-21-15-9-12-18-10-7-6-8-11-18/h6-8,10-11,19,21-23H,3-5,9,12-17H2,1-2H3/t20-/m1/s1. The van der Waals surface area contributed by atoms with Crippen LogP contribution in [0.5, 0.6) is 0 Å². The SMILES string of the molecule is CCCC[C@@](CCC)(CNCCCc1ccccc1)CC(O)O. The van der Waals surface area contributed by atoms with Gasteiger partial charge in [0, 0.05) is 13.0 Å². The Morgan fingerprint density at radius 3 is 2.35 bits per heavy atom. The summed E-state index contributed by atoms with van der Waals surface area (Å²) in [5.41, 5.74) is 1.40. The van der Waals surface area contributed by atoms with Crippen LogP contribution in [0.4, 0.5) is 0 Å². The van der Waals surface area contributed by atoms with Gasteiger partial charge in [-0.05, 0) is 43.2 Å². The highest BCUT2D eigenvalue weighted by molar-refractivity contribution is 5.14. The minimum atomic E-state index is -1.20. The Balaban J connectivity index is 2.42. The molecule has 1 atom stereocenters. The van der Waals surface area contributed by atoms with E-state index in [-0.39, 0.29) is 5.41 Å². The number of hydrogen-bond donors (Lipinski definition) is 3. The van der Waals surface area contributed by atoms with Gasteiger partial charge in [0.2, 0.25) is 0 Å². The maximum Gasteiger partial charge on any atom is 0.152 e. The van der Waals surface area contributed by atoms with Crippen LogP contribution >= 0.6 is 0 Å². The second-order valence-electron chi connectivity index (χ2n) is 6.80. The molecule has 0 aliphatic heterocycles. The number of benzene rings is 1. The van der Waals surface area contributed by atoms with E-state index in [1.807, 2.05) is 0 Å². The molecule has 0 aliphatic carbocycles. The summed E-state index contributed by atoms with van der Waals surface area (Å²) in [5.74, 6) is 0. The molecule has 0 aliphatic rings. The van der Waals surface area contributed by atoms with Crippen molar-refractivity contribution in [1.29, 1.82) is 0 Å². The first kappa shape index (κ1) is 20.1. The summed E-state index contributed by atoms with van der Waals surface area (Å²) in [4.78, 5) is 0. The van der Waals surface area contributed by atoms with E-state index in [0.29, 0.717) is 6.42 Å². The van der Waals surface area contributed by atoms with Crippen LogP contribution in [-0.4, -0.2) is 29.6 Å². The minimum Gasteiger partial charge on any atom is -0.368 e. The van der Waals surface area contributed by atoms with E-state index in [9.17, 15) is 10.2 Å². The van der Waals surface area contributed by atoms with Gasteiger partial charge in [-0.25, -0.2) is 0 Å². The summed E-state index contributed by atoms with van der Waals surface area (Å²) < 4.78 is 0. The Morgan fingerprint density at radius 2 is 1.74 bits per heavy atom. The van der Waals surface area contributed by atoms with E-state index in [0.717, 1.165) is 58.0 Å². The molecule has 132 valence electrons. The third-order valence-corrected chi connectivity index (χ3v) is 4.62. The summed E-state index contributed by atoms with van der Waals surface area (Å²) in [6.07, 6.45) is 6.99. The fourth-order valence-corrected chi connectivity index (χ4v) is 3.46. The van der Waals surface area contributed by atoms with Crippen LogP contribution < -0.4 is 5.32 Å². The van der Waals surface area contributed by atoms with Crippen molar-refractivity contribution in [3.63, 3.8) is 0 Å². The number of aliphatic hydroxyl groups is 2. The van der Waals surface area contributed by atoms with Gasteiger partial charge in [0.25, 0.3) is 0 Å². The molecule has 1 aromatic rings. The van der Waals surface area contributed by atoms with Crippen LogP contribution in [0, 0.1) is 5.41 Å². The van der Waals surface area contributed by atoms with Gasteiger partial charge < -0.3 is 15.5 Å². The Morgan fingerprint density at radius 1 is 1.00 bits per heavy atom. The fourth-order valence-electron chi connectivity index (χ4n) is 3.46. The van der Waals surface area contributed by atoms with Crippen LogP contribution in [-0.2, 0) is 6.42 Å². The largest absolute Gasteiger partial charge is 0.368 e. The predicted octanol–water partition coefficient (Wildman–Crippen LogP) is 3.89. The first-order valence-corrected chi connectivity index (χ1v) is 9.22. The molecule has 1 rings (SSSR count). The molecule has 0 bridgehead atoms. The summed E-state index contributed by atoms with van der Waals surface area (Å²) in [6.45, 7) is 6.24. The first-order valence-electron chi connectivity index (χ1n) is 9.22. The second kappa shape index (κ2) is 11.6. The quantitative estimate of drug-likeness (QED) is 0.382. The van der Waals surface area contributed by atoms with E-state index >= 15 is 0 Å². The second-order valence-corrected chi connectivity index (χ2v) is 6.80. The summed E-state index contributed by atoms with van der Waals surface area (Å²) in [5, 5.41) is 22.6. The van der Waals surface area contributed by atoms with Crippen LogP contribution in [0.3, 0.4) is 0 Å². The predicted molar refractivity (Wildman–Crippen MR) is 97.3 cm³/mol. The molecule has 0 radical (unpaired) electrons. The molecule has 1 aromatic carbocycles. The molecule has 0 spiro atoms.